The van der Waals surface area contributed by atoms with Crippen LogP contribution in [0.4, 0.5) is 30.2 Å². The quantitative estimate of drug-likeness (QED) is 0.535. The van der Waals surface area contributed by atoms with Crippen molar-refractivity contribution in [1.29, 1.82) is 0 Å². The van der Waals surface area contributed by atoms with Gasteiger partial charge in [0, 0.05) is 18.3 Å². The van der Waals surface area contributed by atoms with E-state index in [1.807, 2.05) is 0 Å². The number of anilines is 3. The Bertz CT molecular complexity index is 945. The van der Waals surface area contributed by atoms with Crippen LogP contribution >= 0.6 is 0 Å². The van der Waals surface area contributed by atoms with Crippen molar-refractivity contribution in [1.82, 2.24) is 0 Å². The van der Waals surface area contributed by atoms with Gasteiger partial charge in [-0.05, 0) is 44.2 Å². The Labute approximate surface area is 159 Å². The number of halogens is 3. The first-order chi connectivity index (χ1) is 13.0. The van der Waals surface area contributed by atoms with E-state index in [-0.39, 0.29) is 5.91 Å². The van der Waals surface area contributed by atoms with E-state index in [1.165, 1.54) is 26.8 Å². The minimum absolute atomic E-state index is 0.295. The number of nitrogens with one attached hydrogen (secondary N) is 3. The predicted molar refractivity (Wildman–Crippen MR) is 98.1 cm³/mol. The SMILES string of the molecule is CC(=O)Nc1cccc(NC(=O)C(C)(C)C(=O)Nc2ccc(F)c(F)c2F)c1. The average Bonchev–Trinajstić information content (AvgIpc) is 2.61. The lowest BCUT2D eigenvalue weighted by Gasteiger charge is -2.23. The molecule has 3 amide bonds. The fourth-order valence-corrected chi connectivity index (χ4v) is 2.17. The first kappa shape index (κ1) is 20.9. The van der Waals surface area contributed by atoms with Crippen LogP contribution in [0.15, 0.2) is 36.4 Å². The minimum Gasteiger partial charge on any atom is -0.326 e. The van der Waals surface area contributed by atoms with Crippen LogP contribution in [0.3, 0.4) is 0 Å². The summed E-state index contributed by atoms with van der Waals surface area (Å²) >= 11 is 0. The molecule has 0 fully saturated rings. The van der Waals surface area contributed by atoms with Gasteiger partial charge in [0.25, 0.3) is 0 Å². The number of amides is 3. The number of carbonyl (C=O) groups excluding carboxylic acids is 3. The Kier molecular flexibility index (Phi) is 6.07. The molecule has 0 radical (unpaired) electrons. The lowest BCUT2D eigenvalue weighted by Crippen LogP contribution is -2.41. The average molecular weight is 393 g/mol. The monoisotopic (exact) mass is 393 g/mol. The molecule has 0 atom stereocenters. The number of benzene rings is 2. The molecule has 9 heteroatoms. The van der Waals surface area contributed by atoms with Crippen LogP contribution < -0.4 is 16.0 Å². The zero-order valence-corrected chi connectivity index (χ0v) is 15.3. The molecule has 28 heavy (non-hydrogen) atoms. The molecule has 2 aromatic carbocycles. The molecule has 0 saturated carbocycles. The minimum atomic E-state index is -1.73. The Balaban J connectivity index is 2.15. The van der Waals surface area contributed by atoms with E-state index < -0.39 is 40.4 Å². The molecule has 0 aliphatic heterocycles. The van der Waals surface area contributed by atoms with Gasteiger partial charge >= 0.3 is 0 Å². The first-order valence-corrected chi connectivity index (χ1v) is 8.16. The van der Waals surface area contributed by atoms with Crippen LogP contribution in [-0.4, -0.2) is 17.7 Å². The molecule has 0 heterocycles. The summed E-state index contributed by atoms with van der Waals surface area (Å²) in [5.74, 6) is -6.63. The van der Waals surface area contributed by atoms with E-state index in [0.29, 0.717) is 17.4 Å². The maximum Gasteiger partial charge on any atom is 0.239 e. The second kappa shape index (κ2) is 8.12. The number of rotatable bonds is 5. The van der Waals surface area contributed by atoms with Crippen LogP contribution in [0, 0.1) is 22.9 Å². The highest BCUT2D eigenvalue weighted by Crippen LogP contribution is 2.25. The normalized spacial score (nSPS) is 10.9. The summed E-state index contributed by atoms with van der Waals surface area (Å²) in [6.07, 6.45) is 0. The molecule has 0 unspecified atom stereocenters. The van der Waals surface area contributed by atoms with Gasteiger partial charge in [0.2, 0.25) is 17.7 Å². The second-order valence-electron chi connectivity index (χ2n) is 6.52. The van der Waals surface area contributed by atoms with Gasteiger partial charge in [0.15, 0.2) is 17.5 Å². The van der Waals surface area contributed by atoms with Gasteiger partial charge in [0.05, 0.1) is 5.69 Å². The third kappa shape index (κ3) is 4.67. The third-order valence-corrected chi connectivity index (χ3v) is 3.86. The topological polar surface area (TPSA) is 87.3 Å². The van der Waals surface area contributed by atoms with Crippen LogP contribution in [0.25, 0.3) is 0 Å². The van der Waals surface area contributed by atoms with E-state index in [0.717, 1.165) is 6.07 Å². The fourth-order valence-electron chi connectivity index (χ4n) is 2.17. The molecule has 2 aromatic rings. The van der Waals surface area contributed by atoms with Crippen molar-refractivity contribution < 1.29 is 27.6 Å². The molecule has 0 spiro atoms. The lowest BCUT2D eigenvalue weighted by atomic mass is 9.90. The molecule has 0 aliphatic rings. The van der Waals surface area contributed by atoms with Crippen LogP contribution in [0.5, 0.6) is 0 Å². The van der Waals surface area contributed by atoms with Crippen molar-refractivity contribution in [3.8, 4) is 0 Å². The predicted octanol–water partition coefficient (Wildman–Crippen LogP) is 3.67. The van der Waals surface area contributed by atoms with Gasteiger partial charge in [-0.25, -0.2) is 13.2 Å². The summed E-state index contributed by atoms with van der Waals surface area (Å²) in [5.41, 5.74) is -1.51. The van der Waals surface area contributed by atoms with Crippen LogP contribution in [0.2, 0.25) is 0 Å². The van der Waals surface area contributed by atoms with Crippen molar-refractivity contribution in [2.75, 3.05) is 16.0 Å². The second-order valence-corrected chi connectivity index (χ2v) is 6.52. The standard InChI is InChI=1S/C19H18F3N3O3/c1-10(26)23-11-5-4-6-12(9-11)24-17(27)19(2,3)18(28)25-14-8-7-13(20)15(21)16(14)22/h4-9H,1-3H3,(H,23,26)(H,24,27)(H,25,28). The molecule has 0 saturated heterocycles. The largest absolute Gasteiger partial charge is 0.326 e. The highest BCUT2D eigenvalue weighted by molar-refractivity contribution is 6.14. The Morgan fingerprint density at radius 2 is 1.39 bits per heavy atom. The lowest BCUT2D eigenvalue weighted by molar-refractivity contribution is -0.135. The third-order valence-electron chi connectivity index (χ3n) is 3.86. The highest BCUT2D eigenvalue weighted by Gasteiger charge is 2.37. The maximum absolute atomic E-state index is 13.7. The number of carbonyl (C=O) groups is 3. The van der Waals surface area contributed by atoms with E-state index >= 15 is 0 Å². The van der Waals surface area contributed by atoms with Crippen molar-refractivity contribution >= 4 is 34.8 Å². The summed E-state index contributed by atoms with van der Waals surface area (Å²) in [7, 11) is 0. The van der Waals surface area contributed by atoms with Gasteiger partial charge in [-0.2, -0.15) is 0 Å². The molecular weight excluding hydrogens is 375 g/mol. The number of hydrogen-bond acceptors (Lipinski definition) is 3. The molecule has 0 aromatic heterocycles. The molecule has 0 aliphatic carbocycles. The summed E-state index contributed by atoms with van der Waals surface area (Å²) in [5, 5.41) is 7.15. The van der Waals surface area contributed by atoms with Gasteiger partial charge < -0.3 is 16.0 Å². The molecule has 148 valence electrons. The van der Waals surface area contributed by atoms with Crippen molar-refractivity contribution in [3.05, 3.63) is 53.8 Å². The smallest absolute Gasteiger partial charge is 0.239 e. The van der Waals surface area contributed by atoms with Crippen LogP contribution in [0.1, 0.15) is 20.8 Å². The fraction of sp³-hybridized carbons (Fsp3) is 0.211. The van der Waals surface area contributed by atoms with E-state index in [1.54, 1.807) is 18.2 Å². The molecule has 2 rings (SSSR count). The molecule has 3 N–H and O–H groups in total. The van der Waals surface area contributed by atoms with Gasteiger partial charge in [-0.3, -0.25) is 14.4 Å². The van der Waals surface area contributed by atoms with Crippen molar-refractivity contribution in [2.24, 2.45) is 5.41 Å². The number of hydrogen-bond donors (Lipinski definition) is 3. The zero-order chi connectivity index (χ0) is 21.1. The summed E-state index contributed by atoms with van der Waals surface area (Å²) in [6.45, 7) is 3.90. The Morgan fingerprint density at radius 1 is 0.821 bits per heavy atom. The van der Waals surface area contributed by atoms with Gasteiger partial charge in [-0.15, -0.1) is 0 Å². The Hall–Kier alpha value is -3.36. The summed E-state index contributed by atoms with van der Waals surface area (Å²) in [6, 6.07) is 7.76. The van der Waals surface area contributed by atoms with Gasteiger partial charge in [0.1, 0.15) is 5.41 Å². The molecule has 6 nitrogen and oxygen atoms in total. The highest BCUT2D eigenvalue weighted by atomic mass is 19.2. The van der Waals surface area contributed by atoms with Crippen molar-refractivity contribution in [3.63, 3.8) is 0 Å². The van der Waals surface area contributed by atoms with Crippen molar-refractivity contribution in [2.45, 2.75) is 20.8 Å². The maximum atomic E-state index is 13.7. The first-order valence-electron chi connectivity index (χ1n) is 8.16. The molecule has 0 bridgehead atoms. The van der Waals surface area contributed by atoms with Gasteiger partial charge in [-0.1, -0.05) is 6.07 Å². The van der Waals surface area contributed by atoms with E-state index in [9.17, 15) is 27.6 Å². The summed E-state index contributed by atoms with van der Waals surface area (Å²) < 4.78 is 40.0. The zero-order valence-electron chi connectivity index (χ0n) is 15.3. The van der Waals surface area contributed by atoms with E-state index in [2.05, 4.69) is 16.0 Å². The molecular formula is C19H18F3N3O3. The van der Waals surface area contributed by atoms with Crippen LogP contribution in [-0.2, 0) is 14.4 Å². The van der Waals surface area contributed by atoms with E-state index in [4.69, 9.17) is 0 Å². The summed E-state index contributed by atoms with van der Waals surface area (Å²) in [4.78, 5) is 36.0. The Morgan fingerprint density at radius 3 is 2.00 bits per heavy atom.